The number of H-pyrrole nitrogens is 1. The van der Waals surface area contributed by atoms with Crippen LogP contribution in [0.25, 0.3) is 11.3 Å². The number of aromatic nitrogens is 4. The summed E-state index contributed by atoms with van der Waals surface area (Å²) in [6, 6.07) is 0. The average Bonchev–Trinajstić information content (AvgIpc) is 2.59. The van der Waals surface area contributed by atoms with Crippen LogP contribution in [0, 0.1) is 13.8 Å². The molecule has 14 heavy (non-hydrogen) atoms. The van der Waals surface area contributed by atoms with E-state index in [1.165, 1.54) is 0 Å². The average molecular weight is 191 g/mol. The van der Waals surface area contributed by atoms with Gasteiger partial charge in [-0.1, -0.05) is 0 Å². The van der Waals surface area contributed by atoms with E-state index in [1.54, 1.807) is 4.68 Å². The Balaban J connectivity index is 2.59. The summed E-state index contributed by atoms with van der Waals surface area (Å²) in [6.45, 7) is 3.91. The first-order valence-corrected chi connectivity index (χ1v) is 4.40. The maximum absolute atomic E-state index is 5.67. The largest absolute Gasteiger partial charge is 0.382 e. The van der Waals surface area contributed by atoms with Gasteiger partial charge in [0.05, 0.1) is 11.4 Å². The first kappa shape index (κ1) is 8.80. The zero-order chi connectivity index (χ0) is 10.3. The van der Waals surface area contributed by atoms with Gasteiger partial charge in [0.15, 0.2) is 0 Å². The summed E-state index contributed by atoms with van der Waals surface area (Å²) in [5.74, 6) is 0.545. The van der Waals surface area contributed by atoms with Crippen LogP contribution in [0.5, 0.6) is 0 Å². The molecule has 0 radical (unpaired) electrons. The Labute approximate surface area is 81.9 Å². The fraction of sp³-hybridized carbons (Fsp3) is 0.333. The molecule has 0 unspecified atom stereocenters. The maximum atomic E-state index is 5.67. The van der Waals surface area contributed by atoms with E-state index in [1.807, 2.05) is 27.1 Å². The minimum absolute atomic E-state index is 0.545. The molecule has 0 aliphatic carbocycles. The maximum Gasteiger partial charge on any atom is 0.148 e. The molecule has 5 heteroatoms. The SMILES string of the molecule is Cc1nn(C)cc1-c1[nH]nc(N)c1C. The summed E-state index contributed by atoms with van der Waals surface area (Å²) in [5, 5.41) is 11.1. The predicted molar refractivity (Wildman–Crippen MR) is 54.7 cm³/mol. The molecule has 0 aliphatic rings. The number of hydrogen-bond donors (Lipinski definition) is 2. The highest BCUT2D eigenvalue weighted by molar-refractivity contribution is 5.68. The van der Waals surface area contributed by atoms with Crippen LogP contribution in [-0.2, 0) is 7.05 Å². The minimum Gasteiger partial charge on any atom is -0.382 e. The van der Waals surface area contributed by atoms with Crippen molar-refractivity contribution >= 4 is 5.82 Å². The lowest BCUT2D eigenvalue weighted by Gasteiger charge is -1.95. The molecule has 0 saturated heterocycles. The Morgan fingerprint density at radius 1 is 1.43 bits per heavy atom. The van der Waals surface area contributed by atoms with Gasteiger partial charge in [-0.25, -0.2) is 0 Å². The first-order valence-electron chi connectivity index (χ1n) is 4.40. The minimum atomic E-state index is 0.545. The van der Waals surface area contributed by atoms with E-state index in [-0.39, 0.29) is 0 Å². The van der Waals surface area contributed by atoms with Crippen molar-refractivity contribution in [3.63, 3.8) is 0 Å². The quantitative estimate of drug-likeness (QED) is 0.706. The summed E-state index contributed by atoms with van der Waals surface area (Å²) < 4.78 is 1.78. The molecule has 3 N–H and O–H groups in total. The molecule has 0 bridgehead atoms. The number of nitrogens with two attached hydrogens (primary N) is 1. The monoisotopic (exact) mass is 191 g/mol. The lowest BCUT2D eigenvalue weighted by atomic mass is 10.1. The van der Waals surface area contributed by atoms with Crippen LogP contribution in [0.1, 0.15) is 11.3 Å². The smallest absolute Gasteiger partial charge is 0.148 e. The zero-order valence-corrected chi connectivity index (χ0v) is 8.50. The summed E-state index contributed by atoms with van der Waals surface area (Å²) in [7, 11) is 1.89. The van der Waals surface area contributed by atoms with Gasteiger partial charge >= 0.3 is 0 Å². The van der Waals surface area contributed by atoms with Crippen molar-refractivity contribution in [1.29, 1.82) is 0 Å². The van der Waals surface area contributed by atoms with E-state index in [9.17, 15) is 0 Å². The second-order valence-corrected chi connectivity index (χ2v) is 3.41. The number of nitrogen functional groups attached to an aromatic ring is 1. The van der Waals surface area contributed by atoms with Crippen LogP contribution in [0.3, 0.4) is 0 Å². The van der Waals surface area contributed by atoms with Crippen LogP contribution in [-0.4, -0.2) is 20.0 Å². The third-order valence-corrected chi connectivity index (χ3v) is 2.33. The normalized spacial score (nSPS) is 10.8. The molecule has 2 aromatic heterocycles. The fourth-order valence-corrected chi connectivity index (χ4v) is 1.52. The van der Waals surface area contributed by atoms with Crippen LogP contribution >= 0.6 is 0 Å². The molecule has 0 saturated carbocycles. The van der Waals surface area contributed by atoms with Crippen LogP contribution in [0.4, 0.5) is 5.82 Å². The first-order chi connectivity index (χ1) is 6.59. The Hall–Kier alpha value is -1.78. The Morgan fingerprint density at radius 2 is 2.14 bits per heavy atom. The number of nitrogens with zero attached hydrogens (tertiary/aromatic N) is 3. The summed E-state index contributed by atoms with van der Waals surface area (Å²) in [4.78, 5) is 0. The standard InChI is InChI=1S/C9H13N5/c1-5-8(11-12-9(5)10)7-4-14(3)13-6(7)2/h4H,1-3H3,(H3,10,11,12). The van der Waals surface area contributed by atoms with Gasteiger partial charge in [0.25, 0.3) is 0 Å². The van der Waals surface area contributed by atoms with Crippen molar-refractivity contribution in [2.24, 2.45) is 7.05 Å². The molecule has 74 valence electrons. The van der Waals surface area contributed by atoms with Gasteiger partial charge in [-0.2, -0.15) is 10.2 Å². The molecule has 0 amide bonds. The van der Waals surface area contributed by atoms with Crippen molar-refractivity contribution in [3.05, 3.63) is 17.5 Å². The third-order valence-electron chi connectivity index (χ3n) is 2.33. The third kappa shape index (κ3) is 1.17. The van der Waals surface area contributed by atoms with Crippen LogP contribution in [0.2, 0.25) is 0 Å². The van der Waals surface area contributed by atoms with Gasteiger partial charge in [0.1, 0.15) is 5.82 Å². The van der Waals surface area contributed by atoms with Crippen molar-refractivity contribution < 1.29 is 0 Å². The molecule has 0 aliphatic heterocycles. The summed E-state index contributed by atoms with van der Waals surface area (Å²) in [6.07, 6.45) is 1.95. The van der Waals surface area contributed by atoms with Crippen molar-refractivity contribution in [1.82, 2.24) is 20.0 Å². The molecule has 0 atom stereocenters. The summed E-state index contributed by atoms with van der Waals surface area (Å²) in [5.41, 5.74) is 9.61. The molecule has 0 spiro atoms. The number of aromatic amines is 1. The van der Waals surface area contributed by atoms with Gasteiger partial charge in [0.2, 0.25) is 0 Å². The highest BCUT2D eigenvalue weighted by Crippen LogP contribution is 2.25. The van der Waals surface area contributed by atoms with E-state index in [0.29, 0.717) is 5.82 Å². The second-order valence-electron chi connectivity index (χ2n) is 3.41. The van der Waals surface area contributed by atoms with E-state index in [2.05, 4.69) is 15.3 Å². The number of rotatable bonds is 1. The Bertz CT molecular complexity index is 466. The second kappa shape index (κ2) is 2.87. The van der Waals surface area contributed by atoms with Crippen molar-refractivity contribution in [3.8, 4) is 11.3 Å². The predicted octanol–water partition coefficient (Wildman–Crippen LogP) is 1.01. The van der Waals surface area contributed by atoms with E-state index < -0.39 is 0 Å². The zero-order valence-electron chi connectivity index (χ0n) is 8.50. The molecule has 0 aromatic carbocycles. The summed E-state index contributed by atoms with van der Waals surface area (Å²) >= 11 is 0. The molecule has 2 rings (SSSR count). The van der Waals surface area contributed by atoms with E-state index in [0.717, 1.165) is 22.5 Å². The van der Waals surface area contributed by atoms with Gasteiger partial charge in [-0.05, 0) is 13.8 Å². The molecule has 2 heterocycles. The van der Waals surface area contributed by atoms with E-state index >= 15 is 0 Å². The number of nitrogens with one attached hydrogen (secondary N) is 1. The lowest BCUT2D eigenvalue weighted by molar-refractivity contribution is 0.756. The number of anilines is 1. The van der Waals surface area contributed by atoms with Gasteiger partial charge < -0.3 is 5.73 Å². The van der Waals surface area contributed by atoms with Crippen LogP contribution in [0.15, 0.2) is 6.20 Å². The topological polar surface area (TPSA) is 72.5 Å². The van der Waals surface area contributed by atoms with Crippen molar-refractivity contribution in [2.75, 3.05) is 5.73 Å². The Morgan fingerprint density at radius 3 is 2.57 bits per heavy atom. The highest BCUT2D eigenvalue weighted by Gasteiger charge is 2.12. The lowest BCUT2D eigenvalue weighted by Crippen LogP contribution is -1.86. The molecular weight excluding hydrogens is 178 g/mol. The Kier molecular flexibility index (Phi) is 1.80. The fourth-order valence-electron chi connectivity index (χ4n) is 1.52. The molecule has 2 aromatic rings. The molecule has 0 fully saturated rings. The van der Waals surface area contributed by atoms with E-state index in [4.69, 9.17) is 5.73 Å². The highest BCUT2D eigenvalue weighted by atomic mass is 15.3. The van der Waals surface area contributed by atoms with Crippen LogP contribution < -0.4 is 5.73 Å². The van der Waals surface area contributed by atoms with Crippen molar-refractivity contribution in [2.45, 2.75) is 13.8 Å². The molecule has 5 nitrogen and oxygen atoms in total. The van der Waals surface area contributed by atoms with Gasteiger partial charge in [-0.15, -0.1) is 0 Å². The number of hydrogen-bond acceptors (Lipinski definition) is 3. The molecular formula is C9H13N5. The van der Waals surface area contributed by atoms with Gasteiger partial charge in [-0.3, -0.25) is 9.78 Å². The number of aryl methyl sites for hydroxylation is 2. The van der Waals surface area contributed by atoms with Gasteiger partial charge in [0, 0.05) is 24.4 Å².